The Kier molecular flexibility index (Phi) is 5.00. The highest BCUT2D eigenvalue weighted by molar-refractivity contribution is 5.93. The lowest BCUT2D eigenvalue weighted by Crippen LogP contribution is -2.16. The maximum absolute atomic E-state index is 11.3. The Morgan fingerprint density at radius 3 is 2.48 bits per heavy atom. The number of benzene rings is 1. The summed E-state index contributed by atoms with van der Waals surface area (Å²) in [6.45, 7) is 3.81. The molecule has 0 fully saturated rings. The van der Waals surface area contributed by atoms with Gasteiger partial charge in [-0.1, -0.05) is 0 Å². The SMILES string of the molecule is COc1ccc(-c2ncc(C(=O)O)c(NC(C)C)n2)cc1OC. The van der Waals surface area contributed by atoms with E-state index in [1.165, 1.54) is 6.20 Å². The third-order valence-corrected chi connectivity index (χ3v) is 3.09. The van der Waals surface area contributed by atoms with E-state index >= 15 is 0 Å². The van der Waals surface area contributed by atoms with Crippen molar-refractivity contribution in [3.05, 3.63) is 30.0 Å². The number of carboxylic acids is 1. The van der Waals surface area contributed by atoms with Gasteiger partial charge < -0.3 is 19.9 Å². The number of carbonyl (C=O) groups is 1. The molecule has 0 amide bonds. The average molecular weight is 317 g/mol. The van der Waals surface area contributed by atoms with Crippen LogP contribution in [-0.4, -0.2) is 41.3 Å². The van der Waals surface area contributed by atoms with Crippen LogP contribution >= 0.6 is 0 Å². The first-order valence-electron chi connectivity index (χ1n) is 7.05. The van der Waals surface area contributed by atoms with Gasteiger partial charge in [0.1, 0.15) is 11.4 Å². The van der Waals surface area contributed by atoms with Crippen LogP contribution in [0.5, 0.6) is 11.5 Å². The van der Waals surface area contributed by atoms with Gasteiger partial charge in [-0.15, -0.1) is 0 Å². The molecule has 7 heteroatoms. The number of carboxylic acid groups (broad SMARTS) is 1. The number of aromatic nitrogens is 2. The van der Waals surface area contributed by atoms with E-state index in [1.54, 1.807) is 32.4 Å². The van der Waals surface area contributed by atoms with Crippen molar-refractivity contribution in [1.82, 2.24) is 9.97 Å². The highest BCUT2D eigenvalue weighted by Gasteiger charge is 2.16. The number of nitrogens with one attached hydrogen (secondary N) is 1. The van der Waals surface area contributed by atoms with Gasteiger partial charge in [0, 0.05) is 17.8 Å². The molecule has 1 heterocycles. The molecule has 23 heavy (non-hydrogen) atoms. The first kappa shape index (κ1) is 16.5. The summed E-state index contributed by atoms with van der Waals surface area (Å²) in [4.78, 5) is 19.8. The lowest BCUT2D eigenvalue weighted by atomic mass is 10.1. The predicted molar refractivity (Wildman–Crippen MR) is 86.3 cm³/mol. The first-order chi connectivity index (χ1) is 11.0. The molecule has 2 rings (SSSR count). The normalized spacial score (nSPS) is 10.5. The van der Waals surface area contributed by atoms with Gasteiger partial charge in [-0.3, -0.25) is 0 Å². The number of anilines is 1. The molecule has 0 aliphatic carbocycles. The third kappa shape index (κ3) is 3.68. The summed E-state index contributed by atoms with van der Waals surface area (Å²) in [5.74, 6) is 0.756. The molecule has 0 spiro atoms. The Morgan fingerprint density at radius 2 is 1.91 bits per heavy atom. The second kappa shape index (κ2) is 6.95. The number of hydrogen-bond donors (Lipinski definition) is 2. The van der Waals surface area contributed by atoms with Crippen molar-refractivity contribution in [2.75, 3.05) is 19.5 Å². The summed E-state index contributed by atoms with van der Waals surface area (Å²) >= 11 is 0. The van der Waals surface area contributed by atoms with Gasteiger partial charge in [0.2, 0.25) is 0 Å². The molecule has 0 aliphatic rings. The zero-order valence-electron chi connectivity index (χ0n) is 13.5. The lowest BCUT2D eigenvalue weighted by Gasteiger charge is -2.13. The topological polar surface area (TPSA) is 93.6 Å². The van der Waals surface area contributed by atoms with E-state index in [-0.39, 0.29) is 17.4 Å². The van der Waals surface area contributed by atoms with Gasteiger partial charge in [0.05, 0.1) is 14.2 Å². The van der Waals surface area contributed by atoms with Crippen LogP contribution in [0, 0.1) is 0 Å². The predicted octanol–water partition coefficient (Wildman–Crippen LogP) is 2.68. The fourth-order valence-corrected chi connectivity index (χ4v) is 2.04. The van der Waals surface area contributed by atoms with Crippen molar-refractivity contribution in [2.45, 2.75) is 19.9 Å². The molecule has 2 aromatic rings. The van der Waals surface area contributed by atoms with Crippen LogP contribution < -0.4 is 14.8 Å². The van der Waals surface area contributed by atoms with Gasteiger partial charge in [-0.25, -0.2) is 14.8 Å². The van der Waals surface area contributed by atoms with E-state index in [0.717, 1.165) is 0 Å². The number of ether oxygens (including phenoxy) is 2. The van der Waals surface area contributed by atoms with Crippen LogP contribution in [0.25, 0.3) is 11.4 Å². The molecular formula is C16H19N3O4. The summed E-state index contributed by atoms with van der Waals surface area (Å²) in [5.41, 5.74) is 0.731. The Balaban J connectivity index is 2.49. The molecular weight excluding hydrogens is 298 g/mol. The first-order valence-corrected chi connectivity index (χ1v) is 7.05. The summed E-state index contributed by atoms with van der Waals surface area (Å²) in [7, 11) is 3.10. The van der Waals surface area contributed by atoms with Crippen molar-refractivity contribution in [3.63, 3.8) is 0 Å². The van der Waals surface area contributed by atoms with Crippen molar-refractivity contribution in [3.8, 4) is 22.9 Å². The van der Waals surface area contributed by atoms with Crippen molar-refractivity contribution in [2.24, 2.45) is 0 Å². The Labute approximate surface area is 134 Å². The molecule has 7 nitrogen and oxygen atoms in total. The number of methoxy groups -OCH3 is 2. The van der Waals surface area contributed by atoms with Crippen LogP contribution in [0.4, 0.5) is 5.82 Å². The zero-order valence-corrected chi connectivity index (χ0v) is 13.5. The highest BCUT2D eigenvalue weighted by atomic mass is 16.5. The summed E-state index contributed by atoms with van der Waals surface area (Å²) in [6, 6.07) is 5.32. The van der Waals surface area contributed by atoms with Crippen LogP contribution in [-0.2, 0) is 0 Å². The van der Waals surface area contributed by atoms with Crippen molar-refractivity contribution >= 4 is 11.8 Å². The Bertz CT molecular complexity index is 716. The molecule has 122 valence electrons. The van der Waals surface area contributed by atoms with E-state index in [1.807, 2.05) is 13.8 Å². The smallest absolute Gasteiger partial charge is 0.341 e. The molecule has 0 radical (unpaired) electrons. The van der Waals surface area contributed by atoms with E-state index in [2.05, 4.69) is 15.3 Å². The van der Waals surface area contributed by atoms with E-state index in [0.29, 0.717) is 22.9 Å². The average Bonchev–Trinajstić information content (AvgIpc) is 2.53. The fraction of sp³-hybridized carbons (Fsp3) is 0.312. The van der Waals surface area contributed by atoms with Crippen LogP contribution in [0.3, 0.4) is 0 Å². The monoisotopic (exact) mass is 317 g/mol. The highest BCUT2D eigenvalue weighted by Crippen LogP contribution is 2.31. The fourth-order valence-electron chi connectivity index (χ4n) is 2.04. The number of nitrogens with zero attached hydrogens (tertiary/aromatic N) is 2. The second-order valence-corrected chi connectivity index (χ2v) is 5.13. The van der Waals surface area contributed by atoms with E-state index in [9.17, 15) is 9.90 Å². The second-order valence-electron chi connectivity index (χ2n) is 5.13. The van der Waals surface area contributed by atoms with Gasteiger partial charge in [0.25, 0.3) is 0 Å². The third-order valence-electron chi connectivity index (χ3n) is 3.09. The molecule has 0 saturated heterocycles. The molecule has 1 aromatic heterocycles. The van der Waals surface area contributed by atoms with Gasteiger partial charge >= 0.3 is 5.97 Å². The maximum Gasteiger partial charge on any atom is 0.341 e. The quantitative estimate of drug-likeness (QED) is 0.846. The lowest BCUT2D eigenvalue weighted by molar-refractivity contribution is 0.0697. The van der Waals surface area contributed by atoms with Gasteiger partial charge in [-0.2, -0.15) is 0 Å². The summed E-state index contributed by atoms with van der Waals surface area (Å²) in [5, 5.41) is 12.3. The largest absolute Gasteiger partial charge is 0.493 e. The maximum atomic E-state index is 11.3. The summed E-state index contributed by atoms with van der Waals surface area (Å²) < 4.78 is 10.5. The minimum atomic E-state index is -1.08. The summed E-state index contributed by atoms with van der Waals surface area (Å²) in [6.07, 6.45) is 1.30. The van der Waals surface area contributed by atoms with Crippen LogP contribution in [0.2, 0.25) is 0 Å². The van der Waals surface area contributed by atoms with Crippen LogP contribution in [0.15, 0.2) is 24.4 Å². The van der Waals surface area contributed by atoms with Crippen molar-refractivity contribution < 1.29 is 19.4 Å². The molecule has 0 unspecified atom stereocenters. The Hall–Kier alpha value is -2.83. The number of aromatic carboxylic acids is 1. The van der Waals surface area contributed by atoms with Gasteiger partial charge in [0.15, 0.2) is 17.3 Å². The molecule has 2 N–H and O–H groups in total. The molecule has 0 bridgehead atoms. The zero-order chi connectivity index (χ0) is 17.0. The molecule has 1 aromatic carbocycles. The van der Waals surface area contributed by atoms with E-state index in [4.69, 9.17) is 9.47 Å². The molecule has 0 aliphatic heterocycles. The van der Waals surface area contributed by atoms with Crippen LogP contribution in [0.1, 0.15) is 24.2 Å². The minimum absolute atomic E-state index is 0.0305. The number of hydrogen-bond acceptors (Lipinski definition) is 6. The molecule has 0 atom stereocenters. The Morgan fingerprint density at radius 1 is 1.22 bits per heavy atom. The number of rotatable bonds is 6. The van der Waals surface area contributed by atoms with E-state index < -0.39 is 5.97 Å². The minimum Gasteiger partial charge on any atom is -0.493 e. The van der Waals surface area contributed by atoms with Gasteiger partial charge in [-0.05, 0) is 32.0 Å². The standard InChI is InChI=1S/C16H19N3O4/c1-9(2)18-15-11(16(20)21)8-17-14(19-15)10-5-6-12(22-3)13(7-10)23-4/h5-9H,1-4H3,(H,20,21)(H,17,18,19). The molecule has 0 saturated carbocycles. The van der Waals surface area contributed by atoms with Crippen molar-refractivity contribution in [1.29, 1.82) is 0 Å².